The van der Waals surface area contributed by atoms with Crippen LogP contribution in [0.15, 0.2) is 83.8 Å². The van der Waals surface area contributed by atoms with Crippen LogP contribution >= 0.6 is 23.2 Å². The van der Waals surface area contributed by atoms with Crippen LogP contribution in [0.2, 0.25) is 10.2 Å². The number of hydrogen-bond donors (Lipinski definition) is 1. The van der Waals surface area contributed by atoms with Crippen molar-refractivity contribution in [2.45, 2.75) is 31.7 Å². The number of nitrogens with one attached hydrogen (secondary N) is 1. The number of amides is 1. The first-order valence-corrected chi connectivity index (χ1v) is 14.5. The van der Waals surface area contributed by atoms with Crippen LogP contribution < -0.4 is 4.72 Å². The average molecular weight is 581 g/mol. The molecule has 0 unspecified atom stereocenters. The summed E-state index contributed by atoms with van der Waals surface area (Å²) in [5, 5.41) is 0.782. The molecular weight excluding hydrogens is 553 g/mol. The highest BCUT2D eigenvalue weighted by atomic mass is 35.5. The molecule has 9 heteroatoms. The lowest BCUT2D eigenvalue weighted by molar-refractivity contribution is -0.114. The molecule has 200 valence electrons. The summed E-state index contributed by atoms with van der Waals surface area (Å²) in [5.74, 6) is -0.0959. The lowest BCUT2D eigenvalue weighted by Gasteiger charge is -2.12. The van der Waals surface area contributed by atoms with E-state index in [1.54, 1.807) is 12.1 Å². The number of benzene rings is 3. The van der Waals surface area contributed by atoms with Crippen molar-refractivity contribution in [1.29, 1.82) is 0 Å². The van der Waals surface area contributed by atoms with Gasteiger partial charge in [0.15, 0.2) is 5.15 Å². The molecule has 0 radical (unpaired) electrons. The topological polar surface area (TPSA) is 81.1 Å². The van der Waals surface area contributed by atoms with E-state index in [1.165, 1.54) is 18.2 Å². The van der Waals surface area contributed by atoms with Gasteiger partial charge in [-0.2, -0.15) is 0 Å². The molecule has 0 fully saturated rings. The van der Waals surface area contributed by atoms with Crippen molar-refractivity contribution >= 4 is 57.4 Å². The van der Waals surface area contributed by atoms with E-state index in [4.69, 9.17) is 23.2 Å². The molecule has 3 aromatic carbocycles. The van der Waals surface area contributed by atoms with Crippen molar-refractivity contribution < 1.29 is 13.2 Å². The molecule has 0 atom stereocenters. The van der Waals surface area contributed by atoms with Gasteiger partial charge >= 0.3 is 0 Å². The van der Waals surface area contributed by atoms with E-state index in [2.05, 4.69) is 9.71 Å². The monoisotopic (exact) mass is 579 g/mol. The van der Waals surface area contributed by atoms with Crippen LogP contribution in [0.25, 0.3) is 18.2 Å². The normalized spacial score (nSPS) is 11.9. The number of sulfonamides is 1. The first-order valence-electron chi connectivity index (χ1n) is 12.2. The third-order valence-electron chi connectivity index (χ3n) is 5.99. The van der Waals surface area contributed by atoms with E-state index in [0.29, 0.717) is 29.5 Å². The predicted molar refractivity (Wildman–Crippen MR) is 158 cm³/mol. The lowest BCUT2D eigenvalue weighted by Crippen LogP contribution is -2.29. The van der Waals surface area contributed by atoms with Crippen LogP contribution in [-0.4, -0.2) is 23.9 Å². The van der Waals surface area contributed by atoms with Gasteiger partial charge in [0.2, 0.25) is 0 Å². The average Bonchev–Trinajstić information content (AvgIpc) is 3.22. The van der Waals surface area contributed by atoms with Crippen molar-refractivity contribution in [2.75, 3.05) is 0 Å². The Bertz CT molecular complexity index is 1640. The van der Waals surface area contributed by atoms with Gasteiger partial charge in [-0.15, -0.1) is 0 Å². The minimum absolute atomic E-state index is 0.00268. The molecule has 4 rings (SSSR count). The van der Waals surface area contributed by atoms with Crippen LogP contribution in [0.3, 0.4) is 0 Å². The van der Waals surface area contributed by atoms with Gasteiger partial charge in [0.25, 0.3) is 15.9 Å². The molecule has 1 heterocycles. The zero-order chi connectivity index (χ0) is 28.0. The van der Waals surface area contributed by atoms with Crippen LogP contribution in [0.5, 0.6) is 0 Å². The predicted octanol–water partition coefficient (Wildman–Crippen LogP) is 6.80. The van der Waals surface area contributed by atoms with Gasteiger partial charge in [-0.05, 0) is 47.9 Å². The summed E-state index contributed by atoms with van der Waals surface area (Å²) in [6, 6.07) is 22.0. The van der Waals surface area contributed by atoms with Crippen molar-refractivity contribution in [3.63, 3.8) is 0 Å². The van der Waals surface area contributed by atoms with Crippen molar-refractivity contribution in [3.05, 3.63) is 123 Å². The quantitative estimate of drug-likeness (QED) is 0.175. The zero-order valence-corrected chi connectivity index (χ0v) is 23.8. The second-order valence-corrected chi connectivity index (χ2v) is 11.3. The highest BCUT2D eigenvalue weighted by molar-refractivity contribution is 7.90. The van der Waals surface area contributed by atoms with E-state index in [0.717, 1.165) is 28.3 Å². The van der Waals surface area contributed by atoms with E-state index >= 15 is 0 Å². The summed E-state index contributed by atoms with van der Waals surface area (Å²) < 4.78 is 29.0. The van der Waals surface area contributed by atoms with Crippen molar-refractivity contribution in [1.82, 2.24) is 14.3 Å². The van der Waals surface area contributed by atoms with E-state index in [1.807, 2.05) is 79.1 Å². The van der Waals surface area contributed by atoms with E-state index < -0.39 is 15.9 Å². The minimum atomic E-state index is -4.01. The molecule has 0 saturated carbocycles. The standard InChI is InChI=1S/C30H27Cl2N3O3S/c1-3-28-33-30(32)27(17-18-29(36)34-39(37,38)25-15-9-21(2)10-16-25)35(28)20-24-14-13-23(19-26(24)31)12-11-22-7-5-4-6-8-22/h4-19H,3,20H2,1-2H3,(H,34,36)/b12-11+,18-17+. The fourth-order valence-corrected chi connectivity index (χ4v) is 5.36. The fourth-order valence-electron chi connectivity index (χ4n) is 3.91. The summed E-state index contributed by atoms with van der Waals surface area (Å²) in [6.45, 7) is 4.16. The molecule has 1 N–H and O–H groups in total. The Morgan fingerprint density at radius 1 is 0.949 bits per heavy atom. The van der Waals surface area contributed by atoms with Gasteiger partial charge in [-0.3, -0.25) is 4.79 Å². The highest BCUT2D eigenvalue weighted by Crippen LogP contribution is 2.25. The lowest BCUT2D eigenvalue weighted by atomic mass is 10.1. The van der Waals surface area contributed by atoms with Crippen molar-refractivity contribution in [2.24, 2.45) is 0 Å². The molecule has 6 nitrogen and oxygen atoms in total. The summed E-state index contributed by atoms with van der Waals surface area (Å²) in [4.78, 5) is 16.9. The Kier molecular flexibility index (Phi) is 9.07. The number of aromatic nitrogens is 2. The molecule has 0 aliphatic heterocycles. The third-order valence-corrected chi connectivity index (χ3v) is 7.98. The number of nitrogens with zero attached hydrogens (tertiary/aromatic N) is 2. The maximum absolute atomic E-state index is 12.6. The molecule has 1 aromatic heterocycles. The van der Waals surface area contributed by atoms with Crippen LogP contribution in [0, 0.1) is 6.92 Å². The number of carbonyl (C=O) groups is 1. The number of carbonyl (C=O) groups excluding carboxylic acids is 1. The molecule has 0 aliphatic carbocycles. The van der Waals surface area contributed by atoms with Crippen LogP contribution in [0.4, 0.5) is 0 Å². The summed E-state index contributed by atoms with van der Waals surface area (Å²) in [5.41, 5.74) is 4.27. The Balaban J connectivity index is 1.53. The van der Waals surface area contributed by atoms with Gasteiger partial charge in [-0.1, -0.05) is 102 Å². The zero-order valence-electron chi connectivity index (χ0n) is 21.4. The molecule has 0 spiro atoms. The molecule has 39 heavy (non-hydrogen) atoms. The Morgan fingerprint density at radius 2 is 1.64 bits per heavy atom. The number of rotatable bonds is 9. The molecule has 1 amide bonds. The third kappa shape index (κ3) is 7.26. The summed E-state index contributed by atoms with van der Waals surface area (Å²) in [7, 11) is -4.01. The van der Waals surface area contributed by atoms with Gasteiger partial charge < -0.3 is 4.57 Å². The Morgan fingerprint density at radius 3 is 2.31 bits per heavy atom. The van der Waals surface area contributed by atoms with Crippen LogP contribution in [-0.2, 0) is 27.8 Å². The molecule has 0 bridgehead atoms. The van der Waals surface area contributed by atoms with E-state index in [9.17, 15) is 13.2 Å². The molecule has 0 aliphatic rings. The van der Waals surface area contributed by atoms with Gasteiger partial charge in [0.1, 0.15) is 5.82 Å². The number of imidazole rings is 1. The maximum Gasteiger partial charge on any atom is 0.264 e. The maximum atomic E-state index is 12.6. The number of hydrogen-bond acceptors (Lipinski definition) is 4. The van der Waals surface area contributed by atoms with E-state index in [-0.39, 0.29) is 10.0 Å². The molecule has 4 aromatic rings. The second-order valence-electron chi connectivity index (χ2n) is 8.85. The highest BCUT2D eigenvalue weighted by Gasteiger charge is 2.18. The number of aryl methyl sites for hydroxylation is 2. The van der Waals surface area contributed by atoms with Crippen LogP contribution in [0.1, 0.15) is 40.7 Å². The molecule has 0 saturated heterocycles. The SMILES string of the molecule is CCc1nc(Cl)c(/C=C/C(=O)NS(=O)(=O)c2ccc(C)cc2)n1Cc1ccc(/C=C/c2ccccc2)cc1Cl. The Hall–Kier alpha value is -3.65. The second kappa shape index (κ2) is 12.5. The van der Waals surface area contributed by atoms with Crippen molar-refractivity contribution in [3.8, 4) is 0 Å². The largest absolute Gasteiger partial charge is 0.323 e. The molecular formula is C30H27Cl2N3O3S. The summed E-state index contributed by atoms with van der Waals surface area (Å²) in [6.07, 6.45) is 7.19. The summed E-state index contributed by atoms with van der Waals surface area (Å²) >= 11 is 13.0. The first-order chi connectivity index (χ1) is 18.7. The fraction of sp³-hybridized carbons (Fsp3) is 0.133. The van der Waals surface area contributed by atoms with Gasteiger partial charge in [0.05, 0.1) is 17.1 Å². The number of halogens is 2. The minimum Gasteiger partial charge on any atom is -0.323 e. The Labute approximate surface area is 238 Å². The first kappa shape index (κ1) is 28.4. The van der Waals surface area contributed by atoms with Gasteiger partial charge in [-0.25, -0.2) is 18.1 Å². The van der Waals surface area contributed by atoms with Gasteiger partial charge in [0, 0.05) is 17.5 Å². The smallest absolute Gasteiger partial charge is 0.264 e.